The molecule has 2 heterocycles. The minimum absolute atomic E-state index is 0.0179. The molecule has 4 rings (SSSR count). The normalized spacial score (nSPS) is 21.0. The maximum Gasteiger partial charge on any atom is 0.194 e. The van der Waals surface area contributed by atoms with Crippen LogP contribution in [0.5, 0.6) is 17.2 Å². The number of hydrogen-bond acceptors (Lipinski definition) is 7. The Bertz CT molecular complexity index is 1280. The molecule has 3 N–H and O–H groups in total. The van der Waals surface area contributed by atoms with Gasteiger partial charge < -0.3 is 24.8 Å². The average Bonchev–Trinajstić information content (AvgIpc) is 3.25. The first-order valence-electron chi connectivity index (χ1n) is 10.1. The minimum Gasteiger partial charge on any atom is -0.507 e. The zero-order valence-electron chi connectivity index (χ0n) is 18.5. The molecule has 0 spiro atoms. The minimum atomic E-state index is -1.51. The van der Waals surface area contributed by atoms with Crippen molar-refractivity contribution in [2.45, 2.75) is 39.7 Å². The Morgan fingerprint density at radius 2 is 1.91 bits per heavy atom. The molecule has 166 valence electrons. The molecule has 1 aromatic carbocycles. The standard InChI is InChI=1S/C24H24N2O6/c1-11-20(29)18(13(3)27)22-19(21(11)30)24(4)16(32-22)9-15(28)17(23(24)31)12(2)25-10-14-7-6-8-26(14)5/h6-9,25,29-30H,10H2,1-5H3/b17-12+/t24-/m0/s1. The number of hydrogen-bond donors (Lipinski definition) is 3. The topological polar surface area (TPSA) is 118 Å². The molecule has 0 fully saturated rings. The smallest absolute Gasteiger partial charge is 0.194 e. The first kappa shape index (κ1) is 21.4. The molecule has 2 aromatic rings. The number of nitrogens with zero attached hydrogens (tertiary/aromatic N) is 1. The van der Waals surface area contributed by atoms with Crippen molar-refractivity contribution < 1.29 is 29.3 Å². The molecule has 0 unspecified atom stereocenters. The summed E-state index contributed by atoms with van der Waals surface area (Å²) >= 11 is 0. The number of Topliss-reactive ketones (excluding diaryl/α,β-unsaturated/α-hetero) is 2. The summed E-state index contributed by atoms with van der Waals surface area (Å²) in [6, 6.07) is 3.82. The number of carbonyl (C=O) groups is 3. The van der Waals surface area contributed by atoms with Gasteiger partial charge in [-0.3, -0.25) is 14.4 Å². The van der Waals surface area contributed by atoms with Crippen molar-refractivity contribution >= 4 is 17.3 Å². The Labute approximate surface area is 184 Å². The molecule has 0 amide bonds. The van der Waals surface area contributed by atoms with Crippen molar-refractivity contribution in [1.29, 1.82) is 0 Å². The van der Waals surface area contributed by atoms with E-state index in [1.54, 1.807) is 13.8 Å². The number of phenols is 2. The van der Waals surface area contributed by atoms with E-state index in [1.165, 1.54) is 19.9 Å². The number of ketones is 3. The number of benzene rings is 1. The molecule has 1 atom stereocenters. The number of ether oxygens (including phenoxy) is 1. The zero-order valence-corrected chi connectivity index (χ0v) is 18.5. The van der Waals surface area contributed by atoms with E-state index in [0.29, 0.717) is 12.2 Å². The van der Waals surface area contributed by atoms with Gasteiger partial charge in [0.05, 0.1) is 17.7 Å². The van der Waals surface area contributed by atoms with E-state index in [1.807, 2.05) is 29.9 Å². The van der Waals surface area contributed by atoms with E-state index < -0.39 is 28.5 Å². The molecule has 8 nitrogen and oxygen atoms in total. The first-order chi connectivity index (χ1) is 15.0. The predicted octanol–water partition coefficient (Wildman–Crippen LogP) is 2.70. The maximum atomic E-state index is 13.7. The van der Waals surface area contributed by atoms with Crippen LogP contribution < -0.4 is 10.1 Å². The Kier molecular flexibility index (Phi) is 4.76. The highest BCUT2D eigenvalue weighted by atomic mass is 16.5. The third-order valence-electron chi connectivity index (χ3n) is 6.35. The molecule has 2 aliphatic rings. The van der Waals surface area contributed by atoms with Crippen molar-refractivity contribution in [2.24, 2.45) is 7.05 Å². The van der Waals surface area contributed by atoms with Gasteiger partial charge in [0.25, 0.3) is 0 Å². The van der Waals surface area contributed by atoms with E-state index >= 15 is 0 Å². The molecule has 0 saturated heterocycles. The summed E-state index contributed by atoms with van der Waals surface area (Å²) in [6.45, 7) is 6.31. The summed E-state index contributed by atoms with van der Waals surface area (Å²) in [6.07, 6.45) is 3.10. The lowest BCUT2D eigenvalue weighted by Crippen LogP contribution is -2.41. The second-order valence-corrected chi connectivity index (χ2v) is 8.35. The van der Waals surface area contributed by atoms with Gasteiger partial charge >= 0.3 is 0 Å². The summed E-state index contributed by atoms with van der Waals surface area (Å²) in [5.41, 5.74) is -0.185. The highest BCUT2D eigenvalue weighted by molar-refractivity contribution is 6.31. The third kappa shape index (κ3) is 2.79. The van der Waals surface area contributed by atoms with E-state index in [9.17, 15) is 24.6 Å². The van der Waals surface area contributed by atoms with Gasteiger partial charge in [0.15, 0.2) is 17.3 Å². The Morgan fingerprint density at radius 3 is 2.50 bits per heavy atom. The van der Waals surface area contributed by atoms with Crippen LogP contribution in [0.1, 0.15) is 48.0 Å². The lowest BCUT2D eigenvalue weighted by atomic mass is 9.70. The SMILES string of the molecule is CC(=O)c1c(O)c(C)c(O)c2c1OC1=CC(=O)/C(=C(/C)NCc3cccn3C)C(=O)[C@@]12C. The van der Waals surface area contributed by atoms with Crippen molar-refractivity contribution in [1.82, 2.24) is 9.88 Å². The zero-order chi connectivity index (χ0) is 23.5. The number of rotatable bonds is 4. The number of fused-ring (bicyclic) bond motifs is 3. The molecule has 1 aliphatic carbocycles. The Hall–Kier alpha value is -3.81. The maximum absolute atomic E-state index is 13.7. The Balaban J connectivity index is 1.86. The molecular formula is C24H24N2O6. The van der Waals surface area contributed by atoms with Crippen LogP contribution in [0.25, 0.3) is 0 Å². The van der Waals surface area contributed by atoms with Gasteiger partial charge in [0.2, 0.25) is 0 Å². The van der Waals surface area contributed by atoms with Crippen LogP contribution in [0, 0.1) is 6.92 Å². The number of aryl methyl sites for hydroxylation is 1. The number of carbonyl (C=O) groups excluding carboxylic acids is 3. The first-order valence-corrected chi connectivity index (χ1v) is 10.1. The fraction of sp³-hybridized carbons (Fsp3) is 0.292. The molecule has 0 radical (unpaired) electrons. The second kappa shape index (κ2) is 7.12. The van der Waals surface area contributed by atoms with Crippen LogP contribution in [0.4, 0.5) is 0 Å². The summed E-state index contributed by atoms with van der Waals surface area (Å²) < 4.78 is 7.68. The fourth-order valence-corrected chi connectivity index (χ4v) is 4.35. The summed E-state index contributed by atoms with van der Waals surface area (Å²) in [5, 5.41) is 24.4. The largest absolute Gasteiger partial charge is 0.507 e. The van der Waals surface area contributed by atoms with E-state index in [2.05, 4.69) is 5.32 Å². The molecule has 0 bridgehead atoms. The molecule has 1 aromatic heterocycles. The van der Waals surface area contributed by atoms with E-state index in [4.69, 9.17) is 4.74 Å². The number of allylic oxidation sites excluding steroid dienone is 4. The van der Waals surface area contributed by atoms with Crippen LogP contribution in [0.15, 0.2) is 41.4 Å². The van der Waals surface area contributed by atoms with Crippen molar-refractivity contribution in [2.75, 3.05) is 0 Å². The van der Waals surface area contributed by atoms with Gasteiger partial charge in [0, 0.05) is 36.3 Å². The van der Waals surface area contributed by atoms with Gasteiger partial charge in [-0.2, -0.15) is 0 Å². The second-order valence-electron chi connectivity index (χ2n) is 8.35. The number of aromatic nitrogens is 1. The molecule has 1 aliphatic heterocycles. The van der Waals surface area contributed by atoms with Crippen molar-refractivity contribution in [3.63, 3.8) is 0 Å². The van der Waals surface area contributed by atoms with Crippen LogP contribution in [0.3, 0.4) is 0 Å². The lowest BCUT2D eigenvalue weighted by Gasteiger charge is -2.29. The predicted molar refractivity (Wildman–Crippen MR) is 116 cm³/mol. The van der Waals surface area contributed by atoms with Crippen LogP contribution in [0.2, 0.25) is 0 Å². The van der Waals surface area contributed by atoms with Gasteiger partial charge in [-0.15, -0.1) is 0 Å². The average molecular weight is 436 g/mol. The van der Waals surface area contributed by atoms with Gasteiger partial charge in [-0.25, -0.2) is 0 Å². The van der Waals surface area contributed by atoms with Crippen molar-refractivity contribution in [3.8, 4) is 17.2 Å². The summed E-state index contributed by atoms with van der Waals surface area (Å²) in [5.74, 6) is -2.40. The van der Waals surface area contributed by atoms with Crippen molar-refractivity contribution in [3.05, 3.63) is 63.8 Å². The highest BCUT2D eigenvalue weighted by Gasteiger charge is 2.56. The van der Waals surface area contributed by atoms with Gasteiger partial charge in [0.1, 0.15) is 34.0 Å². The molecule has 0 saturated carbocycles. The van der Waals surface area contributed by atoms with Crippen LogP contribution >= 0.6 is 0 Å². The van der Waals surface area contributed by atoms with Gasteiger partial charge in [-0.05, 0) is 39.8 Å². The van der Waals surface area contributed by atoms with E-state index in [-0.39, 0.29) is 39.5 Å². The quantitative estimate of drug-likeness (QED) is 0.383. The molecule has 32 heavy (non-hydrogen) atoms. The number of phenolic OH excluding ortho intramolecular Hbond substituents is 2. The molecular weight excluding hydrogens is 412 g/mol. The summed E-state index contributed by atoms with van der Waals surface area (Å²) in [7, 11) is 1.90. The Morgan fingerprint density at radius 1 is 1.22 bits per heavy atom. The van der Waals surface area contributed by atoms with Crippen LogP contribution in [-0.4, -0.2) is 32.1 Å². The number of aromatic hydroxyl groups is 2. The van der Waals surface area contributed by atoms with Gasteiger partial charge in [-0.1, -0.05) is 0 Å². The highest BCUT2D eigenvalue weighted by Crippen LogP contribution is 2.57. The monoisotopic (exact) mass is 436 g/mol. The number of nitrogens with one attached hydrogen (secondary N) is 1. The van der Waals surface area contributed by atoms with Crippen LogP contribution in [-0.2, 0) is 28.6 Å². The van der Waals surface area contributed by atoms with E-state index in [0.717, 1.165) is 5.69 Å². The summed E-state index contributed by atoms with van der Waals surface area (Å²) in [4.78, 5) is 38.8. The fourth-order valence-electron chi connectivity index (χ4n) is 4.35. The molecule has 8 heteroatoms. The lowest BCUT2D eigenvalue weighted by molar-refractivity contribution is -0.123. The third-order valence-corrected chi connectivity index (χ3v) is 6.35.